The molecule has 3 aromatic rings. The first-order valence-corrected chi connectivity index (χ1v) is 9.37. The molecule has 6 heteroatoms. The fourth-order valence-corrected chi connectivity index (χ4v) is 3.82. The van der Waals surface area contributed by atoms with Gasteiger partial charge in [0.15, 0.2) is 5.13 Å². The first-order valence-electron chi connectivity index (χ1n) is 7.76. The van der Waals surface area contributed by atoms with Gasteiger partial charge in [-0.15, -0.1) is 0 Å². The lowest BCUT2D eigenvalue weighted by Crippen LogP contribution is -2.05. The summed E-state index contributed by atoms with van der Waals surface area (Å²) in [5, 5.41) is 3.79. The number of nitrogens with one attached hydrogen (secondary N) is 1. The summed E-state index contributed by atoms with van der Waals surface area (Å²) in [6.07, 6.45) is 0. The molecule has 0 unspecified atom stereocenters. The summed E-state index contributed by atoms with van der Waals surface area (Å²) in [4.78, 5) is 17.7. The zero-order valence-corrected chi connectivity index (χ0v) is 16.6. The second-order valence-electron chi connectivity index (χ2n) is 5.95. The molecule has 0 aliphatic carbocycles. The summed E-state index contributed by atoms with van der Waals surface area (Å²) in [6.45, 7) is 5.98. The third-order valence-corrected chi connectivity index (χ3v) is 5.50. The maximum absolute atomic E-state index is 12.9. The minimum Gasteiger partial charge on any atom is -0.382 e. The minimum absolute atomic E-state index is 0.0853. The molecule has 25 heavy (non-hydrogen) atoms. The first kappa shape index (κ1) is 17.6. The number of aryl methyl sites for hydroxylation is 3. The molecule has 0 spiro atoms. The van der Waals surface area contributed by atoms with Gasteiger partial charge in [0.2, 0.25) is 5.78 Å². The van der Waals surface area contributed by atoms with Gasteiger partial charge in [-0.2, -0.15) is 0 Å². The van der Waals surface area contributed by atoms with Gasteiger partial charge in [0.05, 0.1) is 0 Å². The van der Waals surface area contributed by atoms with Crippen LogP contribution < -0.4 is 11.1 Å². The number of hydrogen-bond donors (Lipinski definition) is 2. The van der Waals surface area contributed by atoms with E-state index in [1.807, 2.05) is 57.2 Å². The van der Waals surface area contributed by atoms with Crippen LogP contribution in [-0.4, -0.2) is 10.8 Å². The van der Waals surface area contributed by atoms with Gasteiger partial charge in [-0.1, -0.05) is 39.4 Å². The Kier molecular flexibility index (Phi) is 4.92. The Balaban J connectivity index is 1.92. The minimum atomic E-state index is -0.0853. The number of carbonyl (C=O) groups is 1. The molecular formula is C19H18BrN3OS. The van der Waals surface area contributed by atoms with Crippen molar-refractivity contribution >= 4 is 49.7 Å². The van der Waals surface area contributed by atoms with Crippen molar-refractivity contribution in [2.24, 2.45) is 0 Å². The molecule has 0 aliphatic rings. The quantitative estimate of drug-likeness (QED) is 0.560. The van der Waals surface area contributed by atoms with Crippen LogP contribution in [0.2, 0.25) is 0 Å². The predicted octanol–water partition coefficient (Wildman–Crippen LogP) is 5.39. The number of nitrogen functional groups attached to an aromatic ring is 1. The molecule has 0 atom stereocenters. The number of hydrogen-bond acceptors (Lipinski definition) is 5. The van der Waals surface area contributed by atoms with Crippen molar-refractivity contribution in [3.8, 4) is 0 Å². The van der Waals surface area contributed by atoms with Gasteiger partial charge in [-0.25, -0.2) is 4.98 Å². The van der Waals surface area contributed by atoms with Crippen molar-refractivity contribution in [2.75, 3.05) is 11.1 Å². The molecule has 0 saturated heterocycles. The average Bonchev–Trinajstić information content (AvgIpc) is 2.90. The van der Waals surface area contributed by atoms with E-state index in [-0.39, 0.29) is 11.6 Å². The van der Waals surface area contributed by atoms with E-state index in [1.165, 1.54) is 16.9 Å². The number of thiazole rings is 1. The Morgan fingerprint density at radius 2 is 1.84 bits per heavy atom. The van der Waals surface area contributed by atoms with E-state index in [9.17, 15) is 4.79 Å². The Morgan fingerprint density at radius 1 is 1.12 bits per heavy atom. The molecule has 3 rings (SSSR count). The third-order valence-electron chi connectivity index (χ3n) is 4.02. The van der Waals surface area contributed by atoms with Gasteiger partial charge in [0.25, 0.3) is 0 Å². The highest BCUT2D eigenvalue weighted by atomic mass is 79.9. The number of ketones is 1. The summed E-state index contributed by atoms with van der Waals surface area (Å²) in [5.74, 6) is 0.169. The van der Waals surface area contributed by atoms with E-state index < -0.39 is 0 Å². The number of aromatic nitrogens is 1. The Labute approximate surface area is 159 Å². The summed E-state index contributed by atoms with van der Waals surface area (Å²) in [6, 6.07) is 11.7. The smallest absolute Gasteiger partial charge is 0.207 e. The lowest BCUT2D eigenvalue weighted by Gasteiger charge is -2.08. The molecule has 0 aliphatic heterocycles. The van der Waals surface area contributed by atoms with Crippen LogP contribution in [-0.2, 0) is 0 Å². The summed E-state index contributed by atoms with van der Waals surface area (Å²) >= 11 is 4.70. The Bertz CT molecular complexity index is 965. The number of anilines is 3. The number of rotatable bonds is 4. The molecule has 4 nitrogen and oxygen atoms in total. The predicted molar refractivity (Wildman–Crippen MR) is 108 cm³/mol. The molecule has 1 aromatic heterocycles. The lowest BCUT2D eigenvalue weighted by molar-refractivity contribution is 0.104. The molecule has 2 aromatic carbocycles. The zero-order valence-electron chi connectivity index (χ0n) is 14.2. The van der Waals surface area contributed by atoms with E-state index in [2.05, 4.69) is 26.2 Å². The topological polar surface area (TPSA) is 68.0 Å². The van der Waals surface area contributed by atoms with Crippen LogP contribution in [0.3, 0.4) is 0 Å². The normalized spacial score (nSPS) is 10.7. The molecule has 0 saturated carbocycles. The van der Waals surface area contributed by atoms with Crippen LogP contribution >= 0.6 is 27.3 Å². The van der Waals surface area contributed by atoms with E-state index in [4.69, 9.17) is 5.73 Å². The largest absolute Gasteiger partial charge is 0.382 e. The second-order valence-corrected chi connectivity index (χ2v) is 7.86. The highest BCUT2D eigenvalue weighted by Gasteiger charge is 2.20. The van der Waals surface area contributed by atoms with Crippen molar-refractivity contribution < 1.29 is 4.79 Å². The van der Waals surface area contributed by atoms with Crippen LogP contribution in [0, 0.1) is 20.8 Å². The Morgan fingerprint density at radius 3 is 2.56 bits per heavy atom. The monoisotopic (exact) mass is 415 g/mol. The number of nitrogens with zero attached hydrogens (tertiary/aromatic N) is 1. The van der Waals surface area contributed by atoms with Gasteiger partial charge in [0.1, 0.15) is 10.7 Å². The molecule has 128 valence electrons. The number of benzene rings is 2. The fourth-order valence-electron chi connectivity index (χ4n) is 2.57. The third kappa shape index (κ3) is 3.75. The van der Waals surface area contributed by atoms with E-state index in [1.54, 1.807) is 0 Å². The SMILES string of the molecule is Cc1cc(C)c(C(=O)c2sc(Nc3cccc(Br)c3)nc2N)cc1C. The Hall–Kier alpha value is -2.18. The van der Waals surface area contributed by atoms with Crippen molar-refractivity contribution in [3.63, 3.8) is 0 Å². The van der Waals surface area contributed by atoms with Gasteiger partial charge in [-0.05, 0) is 61.7 Å². The van der Waals surface area contributed by atoms with Crippen LogP contribution in [0.4, 0.5) is 16.6 Å². The maximum atomic E-state index is 12.9. The van der Waals surface area contributed by atoms with Gasteiger partial charge < -0.3 is 11.1 Å². The zero-order chi connectivity index (χ0) is 18.1. The molecular weight excluding hydrogens is 398 g/mol. The lowest BCUT2D eigenvalue weighted by atomic mass is 9.97. The van der Waals surface area contributed by atoms with Crippen LogP contribution in [0.1, 0.15) is 31.9 Å². The standard InChI is InChI=1S/C19H18BrN3OS/c1-10-7-12(3)15(8-11(10)2)16(24)17-18(21)23-19(25-17)22-14-6-4-5-13(20)9-14/h4-9H,21H2,1-3H3,(H,22,23). The van der Waals surface area contributed by atoms with E-state index in [0.717, 1.165) is 21.3 Å². The first-order chi connectivity index (χ1) is 11.8. The highest BCUT2D eigenvalue weighted by Crippen LogP contribution is 2.31. The van der Waals surface area contributed by atoms with Crippen molar-refractivity contribution in [3.05, 3.63) is 68.0 Å². The van der Waals surface area contributed by atoms with Crippen molar-refractivity contribution in [2.45, 2.75) is 20.8 Å². The van der Waals surface area contributed by atoms with E-state index in [0.29, 0.717) is 15.6 Å². The summed E-state index contributed by atoms with van der Waals surface area (Å²) in [5.41, 5.74) is 10.8. The van der Waals surface area contributed by atoms with Crippen molar-refractivity contribution in [1.82, 2.24) is 4.98 Å². The summed E-state index contributed by atoms with van der Waals surface area (Å²) in [7, 11) is 0. The van der Waals surface area contributed by atoms with Crippen LogP contribution in [0.5, 0.6) is 0 Å². The van der Waals surface area contributed by atoms with Gasteiger partial charge in [-0.3, -0.25) is 4.79 Å². The van der Waals surface area contributed by atoms with Crippen LogP contribution in [0.25, 0.3) is 0 Å². The van der Waals surface area contributed by atoms with Crippen LogP contribution in [0.15, 0.2) is 40.9 Å². The molecule has 0 amide bonds. The van der Waals surface area contributed by atoms with Gasteiger partial charge in [0, 0.05) is 15.7 Å². The molecule has 1 heterocycles. The number of carbonyl (C=O) groups excluding carboxylic acids is 1. The molecule has 0 radical (unpaired) electrons. The number of halogens is 1. The molecule has 3 N–H and O–H groups in total. The van der Waals surface area contributed by atoms with E-state index >= 15 is 0 Å². The average molecular weight is 416 g/mol. The van der Waals surface area contributed by atoms with Crippen molar-refractivity contribution in [1.29, 1.82) is 0 Å². The molecule has 0 bridgehead atoms. The molecule has 0 fully saturated rings. The summed E-state index contributed by atoms with van der Waals surface area (Å²) < 4.78 is 0.962. The van der Waals surface area contributed by atoms with Gasteiger partial charge >= 0.3 is 0 Å². The number of nitrogens with two attached hydrogens (primary N) is 1. The maximum Gasteiger partial charge on any atom is 0.207 e. The second kappa shape index (κ2) is 6.98. The fraction of sp³-hybridized carbons (Fsp3) is 0.158. The highest BCUT2D eigenvalue weighted by molar-refractivity contribution is 9.10.